The van der Waals surface area contributed by atoms with Gasteiger partial charge < -0.3 is 14.8 Å². The molecule has 10 heteroatoms. The van der Waals surface area contributed by atoms with Crippen LogP contribution in [0.1, 0.15) is 36.8 Å². The van der Waals surface area contributed by atoms with Gasteiger partial charge in [0.2, 0.25) is 0 Å². The summed E-state index contributed by atoms with van der Waals surface area (Å²) in [4.78, 5) is 28.4. The zero-order chi connectivity index (χ0) is 21.8. The van der Waals surface area contributed by atoms with E-state index in [1.807, 2.05) is 0 Å². The van der Waals surface area contributed by atoms with E-state index in [4.69, 9.17) is 4.74 Å². The molecular formula is C19H20F3N3O4. The van der Waals surface area contributed by atoms with Gasteiger partial charge in [-0.05, 0) is 52.0 Å². The highest BCUT2D eigenvalue weighted by molar-refractivity contribution is 6.04. The Bertz CT molecular complexity index is 908. The number of pyridine rings is 1. The standard InChI is InChI=1S/C19H20F3N3O4/c1-11-15(25-17(27)29-18(2,3)4)9-13(10-23-11)24-16(26)12-6-5-7-14(8-12)28-19(20,21)22/h5-10H,1-4H3,(H,24,26)(H,25,27). The molecule has 156 valence electrons. The van der Waals surface area contributed by atoms with Crippen molar-refractivity contribution in [2.75, 3.05) is 10.6 Å². The van der Waals surface area contributed by atoms with E-state index in [1.54, 1.807) is 27.7 Å². The first-order valence-corrected chi connectivity index (χ1v) is 8.46. The van der Waals surface area contributed by atoms with E-state index in [2.05, 4.69) is 20.4 Å². The van der Waals surface area contributed by atoms with Crippen LogP contribution in [0.3, 0.4) is 0 Å². The Hall–Kier alpha value is -3.30. The van der Waals surface area contributed by atoms with Crippen molar-refractivity contribution in [2.45, 2.75) is 39.7 Å². The molecule has 7 nitrogen and oxygen atoms in total. The summed E-state index contributed by atoms with van der Waals surface area (Å²) in [6.07, 6.45) is -4.20. The lowest BCUT2D eigenvalue weighted by Gasteiger charge is -2.20. The van der Waals surface area contributed by atoms with Crippen molar-refractivity contribution in [3.05, 3.63) is 47.8 Å². The number of hydrogen-bond donors (Lipinski definition) is 2. The second-order valence-electron chi connectivity index (χ2n) is 7.01. The molecule has 0 saturated heterocycles. The zero-order valence-electron chi connectivity index (χ0n) is 16.2. The number of anilines is 2. The summed E-state index contributed by atoms with van der Waals surface area (Å²) in [5.74, 6) is -1.19. The number of nitrogens with zero attached hydrogens (tertiary/aromatic N) is 1. The van der Waals surface area contributed by atoms with Gasteiger partial charge in [-0.3, -0.25) is 15.1 Å². The number of nitrogens with one attached hydrogen (secondary N) is 2. The second kappa shape index (κ2) is 8.38. The van der Waals surface area contributed by atoms with Crippen LogP contribution >= 0.6 is 0 Å². The third-order valence-corrected chi connectivity index (χ3v) is 3.31. The first-order valence-electron chi connectivity index (χ1n) is 8.46. The maximum absolute atomic E-state index is 12.4. The number of ether oxygens (including phenoxy) is 2. The monoisotopic (exact) mass is 411 g/mol. The van der Waals surface area contributed by atoms with Crippen LogP contribution in [-0.4, -0.2) is 28.9 Å². The van der Waals surface area contributed by atoms with Crippen molar-refractivity contribution in [1.29, 1.82) is 0 Å². The Morgan fingerprint density at radius 3 is 2.38 bits per heavy atom. The van der Waals surface area contributed by atoms with E-state index in [0.29, 0.717) is 11.4 Å². The van der Waals surface area contributed by atoms with Crippen molar-refractivity contribution >= 4 is 23.4 Å². The highest BCUT2D eigenvalue weighted by Gasteiger charge is 2.31. The van der Waals surface area contributed by atoms with Gasteiger partial charge in [-0.1, -0.05) is 6.07 Å². The molecule has 2 rings (SSSR count). The van der Waals surface area contributed by atoms with Crippen LogP contribution in [0.5, 0.6) is 5.75 Å². The van der Waals surface area contributed by atoms with Crippen LogP contribution in [0, 0.1) is 6.92 Å². The lowest BCUT2D eigenvalue weighted by Crippen LogP contribution is -2.27. The Balaban J connectivity index is 2.13. The van der Waals surface area contributed by atoms with Gasteiger partial charge in [0.15, 0.2) is 0 Å². The predicted octanol–water partition coefficient (Wildman–Crippen LogP) is 4.89. The molecule has 0 aliphatic carbocycles. The van der Waals surface area contributed by atoms with E-state index >= 15 is 0 Å². The second-order valence-corrected chi connectivity index (χ2v) is 7.01. The third-order valence-electron chi connectivity index (χ3n) is 3.31. The molecule has 0 spiro atoms. The molecule has 0 aliphatic heterocycles. The van der Waals surface area contributed by atoms with Crippen LogP contribution < -0.4 is 15.4 Å². The van der Waals surface area contributed by atoms with Crippen LogP contribution in [-0.2, 0) is 4.74 Å². The number of aromatic nitrogens is 1. The van der Waals surface area contributed by atoms with Crippen LogP contribution in [0.2, 0.25) is 0 Å². The van der Waals surface area contributed by atoms with Gasteiger partial charge in [0.25, 0.3) is 5.91 Å². The molecular weight excluding hydrogens is 391 g/mol. The largest absolute Gasteiger partial charge is 0.573 e. The molecule has 0 saturated carbocycles. The fourth-order valence-corrected chi connectivity index (χ4v) is 2.18. The number of amides is 2. The highest BCUT2D eigenvalue weighted by Crippen LogP contribution is 2.24. The topological polar surface area (TPSA) is 89.5 Å². The van der Waals surface area contributed by atoms with Gasteiger partial charge in [-0.15, -0.1) is 13.2 Å². The van der Waals surface area contributed by atoms with Crippen LogP contribution in [0.4, 0.5) is 29.3 Å². The van der Waals surface area contributed by atoms with Crippen molar-refractivity contribution < 1.29 is 32.2 Å². The summed E-state index contributed by atoms with van der Waals surface area (Å²) < 4.78 is 46.0. The number of halogens is 3. The predicted molar refractivity (Wildman–Crippen MR) is 99.9 cm³/mol. The normalized spacial score (nSPS) is 11.6. The van der Waals surface area contributed by atoms with Crippen molar-refractivity contribution in [3.63, 3.8) is 0 Å². The number of aryl methyl sites for hydroxylation is 1. The molecule has 0 unspecified atom stereocenters. The Morgan fingerprint density at radius 1 is 1.07 bits per heavy atom. The molecule has 0 aliphatic rings. The molecule has 0 fully saturated rings. The van der Waals surface area contributed by atoms with Gasteiger partial charge in [-0.2, -0.15) is 0 Å². The Labute approximate surface area is 165 Å². The first kappa shape index (κ1) is 22.0. The maximum atomic E-state index is 12.4. The molecule has 0 atom stereocenters. The minimum Gasteiger partial charge on any atom is -0.444 e. The average Bonchev–Trinajstić information content (AvgIpc) is 2.55. The summed E-state index contributed by atoms with van der Waals surface area (Å²) in [7, 11) is 0. The minimum absolute atomic E-state index is 0.0472. The molecule has 2 N–H and O–H groups in total. The van der Waals surface area contributed by atoms with Crippen molar-refractivity contribution in [2.24, 2.45) is 0 Å². The van der Waals surface area contributed by atoms with Crippen LogP contribution in [0.15, 0.2) is 36.5 Å². The average molecular weight is 411 g/mol. The van der Waals surface area contributed by atoms with E-state index in [1.165, 1.54) is 24.4 Å². The number of rotatable bonds is 4. The summed E-state index contributed by atoms with van der Waals surface area (Å²) in [6, 6.07) is 6.10. The fraction of sp³-hybridized carbons (Fsp3) is 0.316. The Kier molecular flexibility index (Phi) is 6.35. The summed E-state index contributed by atoms with van der Waals surface area (Å²) in [5.41, 5.74) is 0.282. The van der Waals surface area contributed by atoms with Crippen molar-refractivity contribution in [1.82, 2.24) is 4.98 Å². The number of carbonyl (C=O) groups excluding carboxylic acids is 2. The molecule has 2 aromatic rings. The molecule has 2 amide bonds. The lowest BCUT2D eigenvalue weighted by molar-refractivity contribution is -0.274. The fourth-order valence-electron chi connectivity index (χ4n) is 2.18. The van der Waals surface area contributed by atoms with Gasteiger partial charge in [-0.25, -0.2) is 4.79 Å². The first-order chi connectivity index (χ1) is 13.3. The molecule has 1 aromatic heterocycles. The van der Waals surface area contributed by atoms with E-state index in [0.717, 1.165) is 12.1 Å². The molecule has 1 heterocycles. The summed E-state index contributed by atoms with van der Waals surface area (Å²) in [5, 5.41) is 5.04. The molecule has 29 heavy (non-hydrogen) atoms. The highest BCUT2D eigenvalue weighted by atomic mass is 19.4. The minimum atomic E-state index is -4.86. The van der Waals surface area contributed by atoms with E-state index < -0.39 is 29.7 Å². The zero-order valence-corrected chi connectivity index (χ0v) is 16.2. The quantitative estimate of drug-likeness (QED) is 0.748. The smallest absolute Gasteiger partial charge is 0.444 e. The summed E-state index contributed by atoms with van der Waals surface area (Å²) in [6.45, 7) is 6.79. The number of alkyl halides is 3. The van der Waals surface area contributed by atoms with Gasteiger partial charge in [0, 0.05) is 5.56 Å². The lowest BCUT2D eigenvalue weighted by atomic mass is 10.2. The Morgan fingerprint density at radius 2 is 1.76 bits per heavy atom. The molecule has 0 bridgehead atoms. The van der Waals surface area contributed by atoms with Gasteiger partial charge in [0.05, 0.1) is 23.3 Å². The number of hydrogen-bond acceptors (Lipinski definition) is 5. The maximum Gasteiger partial charge on any atom is 0.573 e. The van der Waals surface area contributed by atoms with Crippen molar-refractivity contribution in [3.8, 4) is 5.75 Å². The van der Waals surface area contributed by atoms with Gasteiger partial charge >= 0.3 is 12.5 Å². The number of benzene rings is 1. The number of carbonyl (C=O) groups is 2. The molecule has 1 aromatic carbocycles. The SMILES string of the molecule is Cc1ncc(NC(=O)c2cccc(OC(F)(F)F)c2)cc1NC(=O)OC(C)(C)C. The third kappa shape index (κ3) is 7.32. The summed E-state index contributed by atoms with van der Waals surface area (Å²) >= 11 is 0. The van der Waals surface area contributed by atoms with E-state index in [9.17, 15) is 22.8 Å². The van der Waals surface area contributed by atoms with E-state index in [-0.39, 0.29) is 11.3 Å². The van der Waals surface area contributed by atoms with Gasteiger partial charge in [0.1, 0.15) is 11.4 Å². The molecule has 0 radical (unpaired) electrons. The van der Waals surface area contributed by atoms with Crippen LogP contribution in [0.25, 0.3) is 0 Å².